The van der Waals surface area contributed by atoms with Gasteiger partial charge in [-0.05, 0) is 24.0 Å². The molecule has 1 fully saturated rings. The molecule has 29 heavy (non-hydrogen) atoms. The molecule has 154 valence electrons. The number of aromatic nitrogens is 1. The van der Waals surface area contributed by atoms with Gasteiger partial charge in [-0.15, -0.1) is 0 Å². The summed E-state index contributed by atoms with van der Waals surface area (Å²) in [6.07, 6.45) is 0.470. The predicted molar refractivity (Wildman–Crippen MR) is 115 cm³/mol. The van der Waals surface area contributed by atoms with Crippen molar-refractivity contribution >= 4 is 40.7 Å². The summed E-state index contributed by atoms with van der Waals surface area (Å²) in [7, 11) is 0. The summed E-state index contributed by atoms with van der Waals surface area (Å²) in [6.45, 7) is 1.91. The van der Waals surface area contributed by atoms with Crippen LogP contribution in [-0.2, 0) is 17.8 Å². The van der Waals surface area contributed by atoms with Gasteiger partial charge in [-0.25, -0.2) is 0 Å². The second-order valence-electron chi connectivity index (χ2n) is 7.83. The van der Waals surface area contributed by atoms with Crippen LogP contribution in [-0.4, -0.2) is 38.4 Å². The van der Waals surface area contributed by atoms with E-state index < -0.39 is 9.96 Å². The number of carbonyl (C=O) groups is 1. The highest BCUT2D eigenvalue weighted by Crippen LogP contribution is 2.39. The molecule has 2 bridgehead atoms. The van der Waals surface area contributed by atoms with Gasteiger partial charge >= 0.3 is 0 Å². The lowest BCUT2D eigenvalue weighted by molar-refractivity contribution is -0.122. The van der Waals surface area contributed by atoms with Crippen molar-refractivity contribution in [3.8, 4) is 0 Å². The van der Waals surface area contributed by atoms with Crippen LogP contribution in [0, 0.1) is 5.92 Å². The van der Waals surface area contributed by atoms with Gasteiger partial charge < -0.3 is 9.88 Å². The van der Waals surface area contributed by atoms with Gasteiger partial charge in [0.2, 0.25) is 9.70 Å². The Balaban J connectivity index is 1.53. The fraction of sp³-hybridized carbons (Fsp3) is 0.429. The largest absolute Gasteiger partial charge is 0.336 e. The van der Waals surface area contributed by atoms with Crippen LogP contribution in [0.15, 0.2) is 53.3 Å². The molecule has 0 unspecified atom stereocenters. The van der Waals surface area contributed by atoms with Gasteiger partial charge in [0.15, 0.2) is 0 Å². The molecular weight excluding hydrogens is 433 g/mol. The Morgan fingerprint density at radius 1 is 1.07 bits per heavy atom. The molecule has 0 aliphatic carbocycles. The first-order chi connectivity index (χ1) is 13.8. The van der Waals surface area contributed by atoms with E-state index in [0.29, 0.717) is 19.6 Å². The molecule has 0 saturated carbocycles. The number of fused-ring (bicyclic) bond motifs is 4. The van der Waals surface area contributed by atoms with Crippen molar-refractivity contribution in [2.45, 2.75) is 35.3 Å². The zero-order valence-corrected chi connectivity index (χ0v) is 18.0. The van der Waals surface area contributed by atoms with Gasteiger partial charge in [-0.3, -0.25) is 14.5 Å². The first-order valence-corrected chi connectivity index (χ1v) is 10.8. The summed E-state index contributed by atoms with van der Waals surface area (Å²) in [5.74, 6) is 0.236. The second-order valence-corrected chi connectivity index (χ2v) is 10.2. The standard InChI is InChI=1S/C21H22Cl3N3O2/c22-21(23,24)20(25-18(28)10-14-5-2-1-3-6-14)26-11-15-9-16(13-26)17-7-4-8-19(29)27(17)12-15/h1-8,15-16,20H,9-13H2,(H,25,28)/t15-,16+,20+/m1/s1. The average Bonchev–Trinajstić information content (AvgIpc) is 2.67. The van der Waals surface area contributed by atoms with Gasteiger partial charge in [-0.1, -0.05) is 71.2 Å². The fourth-order valence-electron chi connectivity index (χ4n) is 4.51. The quantitative estimate of drug-likeness (QED) is 0.721. The molecule has 4 rings (SSSR count). The molecule has 3 heterocycles. The minimum absolute atomic E-state index is 0.0275. The number of likely N-dealkylation sites (tertiary alicyclic amines) is 1. The number of hydrogen-bond acceptors (Lipinski definition) is 3. The van der Waals surface area contributed by atoms with Crippen molar-refractivity contribution < 1.29 is 4.79 Å². The number of piperidine rings is 1. The van der Waals surface area contributed by atoms with E-state index >= 15 is 0 Å². The number of amides is 1. The molecule has 1 N–H and O–H groups in total. The van der Waals surface area contributed by atoms with Crippen molar-refractivity contribution in [2.75, 3.05) is 13.1 Å². The number of benzene rings is 1. The van der Waals surface area contributed by atoms with E-state index in [2.05, 4.69) is 5.32 Å². The molecule has 8 heteroatoms. The lowest BCUT2D eigenvalue weighted by atomic mass is 9.83. The molecular formula is C21H22Cl3N3O2. The van der Waals surface area contributed by atoms with Crippen molar-refractivity contribution in [2.24, 2.45) is 5.92 Å². The lowest BCUT2D eigenvalue weighted by Crippen LogP contribution is -2.60. The van der Waals surface area contributed by atoms with Crippen LogP contribution in [0.3, 0.4) is 0 Å². The van der Waals surface area contributed by atoms with E-state index in [1.807, 2.05) is 45.9 Å². The van der Waals surface area contributed by atoms with E-state index in [0.717, 1.165) is 17.7 Å². The Labute approximate surface area is 184 Å². The SMILES string of the molecule is O=C(Cc1ccccc1)N[C@@H](N1C[C@H]2C[C@@H](C1)c1cccc(=O)n1C2)C(Cl)(Cl)Cl. The highest BCUT2D eigenvalue weighted by atomic mass is 35.6. The van der Waals surface area contributed by atoms with Crippen LogP contribution in [0.25, 0.3) is 0 Å². The van der Waals surface area contributed by atoms with Crippen molar-refractivity contribution in [1.82, 2.24) is 14.8 Å². The van der Waals surface area contributed by atoms with Gasteiger partial charge in [-0.2, -0.15) is 0 Å². The zero-order chi connectivity index (χ0) is 20.6. The first-order valence-electron chi connectivity index (χ1n) is 9.65. The summed E-state index contributed by atoms with van der Waals surface area (Å²) < 4.78 is 0.183. The Morgan fingerprint density at radius 3 is 2.55 bits per heavy atom. The third-order valence-electron chi connectivity index (χ3n) is 5.69. The number of hydrogen-bond donors (Lipinski definition) is 1. The minimum atomic E-state index is -1.67. The number of alkyl halides is 3. The summed E-state index contributed by atoms with van der Waals surface area (Å²) in [5, 5.41) is 2.92. The van der Waals surface area contributed by atoms with Gasteiger partial charge in [0.25, 0.3) is 5.56 Å². The van der Waals surface area contributed by atoms with Gasteiger partial charge in [0, 0.05) is 37.3 Å². The Morgan fingerprint density at radius 2 is 1.83 bits per heavy atom. The second kappa shape index (κ2) is 8.31. The molecule has 5 nitrogen and oxygen atoms in total. The van der Waals surface area contributed by atoms with Crippen LogP contribution in [0.2, 0.25) is 0 Å². The third-order valence-corrected chi connectivity index (χ3v) is 6.31. The minimum Gasteiger partial charge on any atom is -0.336 e. The number of nitrogens with zero attached hydrogens (tertiary/aromatic N) is 2. The summed E-state index contributed by atoms with van der Waals surface area (Å²) in [4.78, 5) is 26.9. The van der Waals surface area contributed by atoms with E-state index in [4.69, 9.17) is 34.8 Å². The topological polar surface area (TPSA) is 54.3 Å². The molecule has 1 saturated heterocycles. The Bertz CT molecular complexity index is 942. The number of rotatable bonds is 4. The third kappa shape index (κ3) is 4.64. The summed E-state index contributed by atoms with van der Waals surface area (Å²) in [6, 6.07) is 14.8. The molecule has 1 amide bonds. The fourth-order valence-corrected chi connectivity index (χ4v) is 5.09. The number of halogens is 3. The Kier molecular flexibility index (Phi) is 5.94. The molecule has 1 aromatic heterocycles. The lowest BCUT2D eigenvalue weighted by Gasteiger charge is -2.47. The predicted octanol–water partition coefficient (Wildman–Crippen LogP) is 3.32. The van der Waals surface area contributed by atoms with Gasteiger partial charge in [0.05, 0.1) is 6.42 Å². The smallest absolute Gasteiger partial charge is 0.250 e. The highest BCUT2D eigenvalue weighted by molar-refractivity contribution is 6.68. The van der Waals surface area contributed by atoms with E-state index in [1.54, 1.807) is 12.1 Å². The molecule has 0 radical (unpaired) electrons. The summed E-state index contributed by atoms with van der Waals surface area (Å²) >= 11 is 18.8. The maximum Gasteiger partial charge on any atom is 0.250 e. The average molecular weight is 455 g/mol. The van der Waals surface area contributed by atoms with Crippen LogP contribution in [0.1, 0.15) is 23.6 Å². The first kappa shape index (κ1) is 20.7. The molecule has 2 aliphatic heterocycles. The molecule has 3 atom stereocenters. The van der Waals surface area contributed by atoms with Gasteiger partial charge in [0.1, 0.15) is 6.17 Å². The number of carbonyl (C=O) groups excluding carboxylic acids is 1. The zero-order valence-electron chi connectivity index (χ0n) is 15.7. The van der Waals surface area contributed by atoms with Crippen molar-refractivity contribution in [1.29, 1.82) is 0 Å². The summed E-state index contributed by atoms with van der Waals surface area (Å²) in [5.41, 5.74) is 1.94. The monoisotopic (exact) mass is 453 g/mol. The maximum atomic E-state index is 12.6. The number of pyridine rings is 1. The van der Waals surface area contributed by atoms with Crippen molar-refractivity contribution in [3.05, 3.63) is 70.1 Å². The molecule has 1 aromatic carbocycles. The van der Waals surface area contributed by atoms with E-state index in [1.165, 1.54) is 0 Å². The van der Waals surface area contributed by atoms with Crippen LogP contribution >= 0.6 is 34.8 Å². The van der Waals surface area contributed by atoms with Crippen molar-refractivity contribution in [3.63, 3.8) is 0 Å². The van der Waals surface area contributed by atoms with Crippen LogP contribution < -0.4 is 10.9 Å². The number of nitrogens with one attached hydrogen (secondary N) is 1. The van der Waals surface area contributed by atoms with Crippen LogP contribution in [0.4, 0.5) is 0 Å². The van der Waals surface area contributed by atoms with E-state index in [9.17, 15) is 9.59 Å². The molecule has 0 spiro atoms. The van der Waals surface area contributed by atoms with E-state index in [-0.39, 0.29) is 29.7 Å². The maximum absolute atomic E-state index is 12.6. The molecule has 2 aliphatic rings. The van der Waals surface area contributed by atoms with Crippen LogP contribution in [0.5, 0.6) is 0 Å². The Hall–Kier alpha value is -1.53. The highest BCUT2D eigenvalue weighted by Gasteiger charge is 2.44. The molecule has 2 aromatic rings. The normalized spacial score (nSPS) is 22.6.